The molecular weight excluding hydrogens is 368 g/mol. The summed E-state index contributed by atoms with van der Waals surface area (Å²) in [7, 11) is 0. The Bertz CT molecular complexity index is 1150. The van der Waals surface area contributed by atoms with Crippen molar-refractivity contribution in [2.24, 2.45) is 0 Å². The minimum Gasteiger partial charge on any atom is -0.486 e. The summed E-state index contributed by atoms with van der Waals surface area (Å²) in [5.74, 6) is 1.42. The van der Waals surface area contributed by atoms with E-state index in [-0.39, 0.29) is 11.5 Å². The lowest BCUT2D eigenvalue weighted by molar-refractivity contribution is -0.132. The van der Waals surface area contributed by atoms with Gasteiger partial charge in [0.15, 0.2) is 11.5 Å². The second kappa shape index (κ2) is 7.28. The Morgan fingerprint density at radius 3 is 2.62 bits per heavy atom. The summed E-state index contributed by atoms with van der Waals surface area (Å²) in [5.41, 5.74) is 3.69. The number of amides is 1. The number of nitrogens with one attached hydrogen (secondary N) is 1. The molecule has 148 valence electrons. The first-order valence-electron chi connectivity index (χ1n) is 9.97. The van der Waals surface area contributed by atoms with E-state index in [2.05, 4.69) is 17.1 Å². The highest BCUT2D eigenvalue weighted by molar-refractivity contribution is 5.83. The van der Waals surface area contributed by atoms with Gasteiger partial charge in [-0.1, -0.05) is 24.3 Å². The van der Waals surface area contributed by atoms with Gasteiger partial charge in [-0.05, 0) is 36.1 Å². The van der Waals surface area contributed by atoms with Crippen molar-refractivity contribution in [1.82, 2.24) is 9.88 Å². The summed E-state index contributed by atoms with van der Waals surface area (Å²) in [6, 6.07) is 13.8. The second-order valence-corrected chi connectivity index (χ2v) is 7.54. The molecule has 0 spiro atoms. The topological polar surface area (TPSA) is 71.6 Å². The number of aromatic amines is 1. The first-order chi connectivity index (χ1) is 14.2. The lowest BCUT2D eigenvalue weighted by atomic mass is 9.99. The Morgan fingerprint density at radius 2 is 1.79 bits per heavy atom. The largest absolute Gasteiger partial charge is 0.486 e. The van der Waals surface area contributed by atoms with Gasteiger partial charge in [0.05, 0.1) is 5.52 Å². The second-order valence-electron chi connectivity index (χ2n) is 7.54. The quantitative estimate of drug-likeness (QED) is 0.747. The van der Waals surface area contributed by atoms with E-state index in [0.717, 1.165) is 18.4 Å². The molecule has 2 aromatic carbocycles. The molecule has 0 saturated carbocycles. The summed E-state index contributed by atoms with van der Waals surface area (Å²) < 4.78 is 11.2. The zero-order valence-electron chi connectivity index (χ0n) is 16.1. The average molecular weight is 390 g/mol. The van der Waals surface area contributed by atoms with E-state index in [1.165, 1.54) is 11.1 Å². The van der Waals surface area contributed by atoms with Crippen LogP contribution in [-0.4, -0.2) is 35.5 Å². The standard InChI is InChI=1S/C23H22N2O4/c26-22(25-8-7-15-3-1-2-4-17(15)14-25)6-5-16-11-18-12-20-21(29-10-9-28-20)13-19(18)24-23(16)27/h1-4,11-13H,5-10,14H2,(H,24,27). The molecule has 2 aliphatic heterocycles. The number of fused-ring (bicyclic) bond motifs is 3. The van der Waals surface area contributed by atoms with E-state index in [9.17, 15) is 9.59 Å². The van der Waals surface area contributed by atoms with Gasteiger partial charge in [0, 0.05) is 36.5 Å². The molecule has 6 nitrogen and oxygen atoms in total. The summed E-state index contributed by atoms with van der Waals surface area (Å²) in [4.78, 5) is 30.0. The number of benzene rings is 2. The van der Waals surface area contributed by atoms with Gasteiger partial charge in [-0.2, -0.15) is 0 Å². The monoisotopic (exact) mass is 390 g/mol. The van der Waals surface area contributed by atoms with Crippen LogP contribution in [0.4, 0.5) is 0 Å². The van der Waals surface area contributed by atoms with Crippen LogP contribution in [0, 0.1) is 0 Å². The van der Waals surface area contributed by atoms with E-state index in [4.69, 9.17) is 9.47 Å². The number of pyridine rings is 1. The van der Waals surface area contributed by atoms with Crippen molar-refractivity contribution >= 4 is 16.8 Å². The maximum absolute atomic E-state index is 12.7. The fourth-order valence-corrected chi connectivity index (χ4v) is 4.08. The van der Waals surface area contributed by atoms with Crippen molar-refractivity contribution in [2.75, 3.05) is 19.8 Å². The molecule has 0 atom stereocenters. The van der Waals surface area contributed by atoms with E-state index in [0.29, 0.717) is 55.2 Å². The summed E-state index contributed by atoms with van der Waals surface area (Å²) in [6.07, 6.45) is 1.61. The lowest BCUT2D eigenvalue weighted by Crippen LogP contribution is -2.36. The first-order valence-corrected chi connectivity index (χ1v) is 9.97. The molecule has 1 aromatic heterocycles. The van der Waals surface area contributed by atoms with Crippen molar-refractivity contribution in [1.29, 1.82) is 0 Å². The van der Waals surface area contributed by atoms with Crippen LogP contribution < -0.4 is 15.0 Å². The van der Waals surface area contributed by atoms with Gasteiger partial charge in [0.25, 0.3) is 5.56 Å². The fourth-order valence-electron chi connectivity index (χ4n) is 4.08. The summed E-state index contributed by atoms with van der Waals surface area (Å²) >= 11 is 0. The van der Waals surface area contributed by atoms with Crippen molar-refractivity contribution in [3.63, 3.8) is 0 Å². The number of hydrogen-bond donors (Lipinski definition) is 1. The van der Waals surface area contributed by atoms with Crippen molar-refractivity contribution in [2.45, 2.75) is 25.8 Å². The number of aromatic nitrogens is 1. The molecule has 2 aliphatic rings. The number of hydrogen-bond acceptors (Lipinski definition) is 4. The number of H-pyrrole nitrogens is 1. The summed E-state index contributed by atoms with van der Waals surface area (Å²) in [5, 5.41) is 0.878. The Morgan fingerprint density at radius 1 is 1.03 bits per heavy atom. The third-order valence-electron chi connectivity index (χ3n) is 5.68. The molecule has 0 fully saturated rings. The van der Waals surface area contributed by atoms with Gasteiger partial charge in [0.1, 0.15) is 13.2 Å². The maximum Gasteiger partial charge on any atom is 0.251 e. The van der Waals surface area contributed by atoms with Crippen molar-refractivity contribution in [3.05, 3.63) is 69.5 Å². The highest BCUT2D eigenvalue weighted by atomic mass is 16.6. The molecule has 3 aromatic rings. The van der Waals surface area contributed by atoms with Gasteiger partial charge >= 0.3 is 0 Å². The van der Waals surface area contributed by atoms with Gasteiger partial charge in [-0.25, -0.2) is 0 Å². The Balaban J connectivity index is 1.32. The molecular formula is C23H22N2O4. The zero-order valence-corrected chi connectivity index (χ0v) is 16.1. The van der Waals surface area contributed by atoms with E-state index >= 15 is 0 Å². The van der Waals surface area contributed by atoms with E-state index in [1.807, 2.05) is 29.2 Å². The Kier molecular flexibility index (Phi) is 4.46. The average Bonchev–Trinajstić information content (AvgIpc) is 2.75. The Labute approximate surface area is 168 Å². The van der Waals surface area contributed by atoms with E-state index < -0.39 is 0 Å². The minimum atomic E-state index is -0.161. The van der Waals surface area contributed by atoms with Crippen LogP contribution in [0.25, 0.3) is 10.9 Å². The molecule has 3 heterocycles. The fraction of sp³-hybridized carbons (Fsp3) is 0.304. The van der Waals surface area contributed by atoms with Gasteiger partial charge in [0.2, 0.25) is 5.91 Å². The van der Waals surface area contributed by atoms with Crippen LogP contribution in [-0.2, 0) is 24.2 Å². The number of nitrogens with zero attached hydrogens (tertiary/aromatic N) is 1. The van der Waals surface area contributed by atoms with Gasteiger partial charge < -0.3 is 19.4 Å². The molecule has 1 N–H and O–H groups in total. The number of ether oxygens (including phenoxy) is 2. The van der Waals surface area contributed by atoms with Crippen LogP contribution in [0.15, 0.2) is 47.3 Å². The zero-order chi connectivity index (χ0) is 19.8. The highest BCUT2D eigenvalue weighted by Crippen LogP contribution is 2.33. The minimum absolute atomic E-state index is 0.0844. The normalized spacial score (nSPS) is 15.2. The molecule has 0 radical (unpaired) electrons. The third-order valence-corrected chi connectivity index (χ3v) is 5.68. The van der Waals surface area contributed by atoms with Crippen molar-refractivity contribution < 1.29 is 14.3 Å². The lowest BCUT2D eigenvalue weighted by Gasteiger charge is -2.29. The maximum atomic E-state index is 12.7. The molecule has 0 bridgehead atoms. The predicted octanol–water partition coefficient (Wildman–Crippen LogP) is 2.82. The van der Waals surface area contributed by atoms with Crippen molar-refractivity contribution in [3.8, 4) is 11.5 Å². The van der Waals surface area contributed by atoms with Crippen LogP contribution in [0.3, 0.4) is 0 Å². The van der Waals surface area contributed by atoms with Crippen LogP contribution in [0.1, 0.15) is 23.1 Å². The molecule has 6 heteroatoms. The Hall–Kier alpha value is -3.28. The SMILES string of the molecule is O=C(CCc1cc2cc3c(cc2[nH]c1=O)OCCO3)N1CCc2ccccc2C1. The smallest absolute Gasteiger partial charge is 0.251 e. The molecule has 1 amide bonds. The van der Waals surface area contributed by atoms with Crippen LogP contribution >= 0.6 is 0 Å². The highest BCUT2D eigenvalue weighted by Gasteiger charge is 2.20. The first kappa shape index (κ1) is 17.8. The number of rotatable bonds is 3. The number of carbonyl (C=O) groups excluding carboxylic acids is 1. The molecule has 29 heavy (non-hydrogen) atoms. The van der Waals surface area contributed by atoms with E-state index in [1.54, 1.807) is 6.07 Å². The molecule has 0 saturated heterocycles. The van der Waals surface area contributed by atoms with Gasteiger partial charge in [-0.3, -0.25) is 9.59 Å². The molecule has 0 unspecified atom stereocenters. The predicted molar refractivity (Wildman–Crippen MR) is 109 cm³/mol. The molecule has 5 rings (SSSR count). The summed E-state index contributed by atoms with van der Waals surface area (Å²) in [6.45, 7) is 2.39. The number of aryl methyl sites for hydroxylation is 1. The molecule has 0 aliphatic carbocycles. The number of carbonyl (C=O) groups is 1. The van der Waals surface area contributed by atoms with Gasteiger partial charge in [-0.15, -0.1) is 0 Å². The van der Waals surface area contributed by atoms with Crippen LogP contribution in [0.5, 0.6) is 11.5 Å². The third kappa shape index (κ3) is 3.46. The van der Waals surface area contributed by atoms with Crippen LogP contribution in [0.2, 0.25) is 0 Å².